The van der Waals surface area contributed by atoms with E-state index in [1.807, 2.05) is 6.07 Å². The van der Waals surface area contributed by atoms with Crippen molar-refractivity contribution in [2.75, 3.05) is 25.2 Å². The van der Waals surface area contributed by atoms with Crippen LogP contribution in [0.5, 0.6) is 11.5 Å². The van der Waals surface area contributed by atoms with Crippen molar-refractivity contribution in [2.24, 2.45) is 0 Å². The first kappa shape index (κ1) is 14.5. The highest BCUT2D eigenvalue weighted by molar-refractivity contribution is 5.65. The Kier molecular flexibility index (Phi) is 3.53. The summed E-state index contributed by atoms with van der Waals surface area (Å²) in [6.07, 6.45) is 4.19. The fourth-order valence-electron chi connectivity index (χ4n) is 2.49. The molecule has 3 heterocycles. The van der Waals surface area contributed by atoms with E-state index < -0.39 is 5.82 Å². The van der Waals surface area contributed by atoms with Crippen molar-refractivity contribution in [1.29, 1.82) is 0 Å². The zero-order valence-electron chi connectivity index (χ0n) is 12.9. The largest absolute Gasteiger partial charge is 0.486 e. The summed E-state index contributed by atoms with van der Waals surface area (Å²) in [6, 6.07) is 7.15. The molecule has 7 heteroatoms. The van der Waals surface area contributed by atoms with Gasteiger partial charge in [0.1, 0.15) is 19.5 Å². The number of rotatable bonds is 3. The number of furan rings is 1. The molecule has 2 aromatic heterocycles. The maximum Gasteiger partial charge on any atom is 0.184 e. The topological polar surface area (TPSA) is 60.6 Å². The van der Waals surface area contributed by atoms with Gasteiger partial charge in [0.05, 0.1) is 18.0 Å². The van der Waals surface area contributed by atoms with Crippen LogP contribution in [0.25, 0.3) is 11.4 Å². The number of hydrogen-bond acceptors (Lipinski definition) is 6. The van der Waals surface area contributed by atoms with Gasteiger partial charge in [-0.25, -0.2) is 14.4 Å². The highest BCUT2D eigenvalue weighted by Gasteiger charge is 2.18. The van der Waals surface area contributed by atoms with Gasteiger partial charge in [-0.05, 0) is 18.2 Å². The molecule has 0 saturated heterocycles. The molecule has 1 aliphatic rings. The summed E-state index contributed by atoms with van der Waals surface area (Å²) in [5, 5.41) is 0. The third-order valence-electron chi connectivity index (χ3n) is 3.74. The highest BCUT2D eigenvalue weighted by atomic mass is 19.1. The predicted molar refractivity (Wildman–Crippen MR) is 85.2 cm³/mol. The van der Waals surface area contributed by atoms with E-state index in [9.17, 15) is 4.39 Å². The van der Waals surface area contributed by atoms with E-state index in [2.05, 4.69) is 9.97 Å². The number of ether oxygens (including phenoxy) is 2. The molecule has 6 nitrogen and oxygen atoms in total. The Morgan fingerprint density at radius 3 is 2.75 bits per heavy atom. The Hall–Kier alpha value is -3.09. The molecule has 0 aliphatic carbocycles. The average Bonchev–Trinajstić information content (AvgIpc) is 3.16. The normalized spacial score (nSPS) is 12.9. The van der Waals surface area contributed by atoms with Crippen molar-refractivity contribution < 1.29 is 18.3 Å². The fourth-order valence-corrected chi connectivity index (χ4v) is 2.49. The number of aromatic nitrogens is 2. The first-order chi connectivity index (χ1) is 11.7. The third-order valence-corrected chi connectivity index (χ3v) is 3.74. The fraction of sp³-hybridized carbons (Fsp3) is 0.176. The van der Waals surface area contributed by atoms with Crippen LogP contribution in [0.4, 0.5) is 15.9 Å². The van der Waals surface area contributed by atoms with Crippen LogP contribution in [0.1, 0.15) is 0 Å². The second-order valence-corrected chi connectivity index (χ2v) is 5.26. The molecule has 1 aromatic carbocycles. The quantitative estimate of drug-likeness (QED) is 0.735. The molecule has 0 radical (unpaired) electrons. The second-order valence-electron chi connectivity index (χ2n) is 5.26. The van der Waals surface area contributed by atoms with E-state index >= 15 is 0 Å². The van der Waals surface area contributed by atoms with Gasteiger partial charge in [-0.3, -0.25) is 0 Å². The smallest absolute Gasteiger partial charge is 0.184 e. The van der Waals surface area contributed by atoms with E-state index in [0.717, 1.165) is 11.9 Å². The molecule has 0 saturated carbocycles. The molecule has 0 fully saturated rings. The van der Waals surface area contributed by atoms with Crippen LogP contribution in [-0.4, -0.2) is 30.2 Å². The first-order valence-corrected chi connectivity index (χ1v) is 7.41. The third kappa shape index (κ3) is 2.54. The summed E-state index contributed by atoms with van der Waals surface area (Å²) < 4.78 is 30.3. The summed E-state index contributed by atoms with van der Waals surface area (Å²) in [4.78, 5) is 9.96. The van der Waals surface area contributed by atoms with Crippen molar-refractivity contribution in [3.05, 3.63) is 48.8 Å². The number of hydrogen-bond donors (Lipinski definition) is 0. The van der Waals surface area contributed by atoms with Gasteiger partial charge in [0, 0.05) is 18.8 Å². The van der Waals surface area contributed by atoms with Crippen LogP contribution in [-0.2, 0) is 0 Å². The lowest BCUT2D eigenvalue weighted by atomic mass is 10.2. The molecule has 0 amide bonds. The Bertz CT molecular complexity index is 868. The zero-order chi connectivity index (χ0) is 16.5. The second kappa shape index (κ2) is 5.84. The Labute approximate surface area is 137 Å². The van der Waals surface area contributed by atoms with Gasteiger partial charge >= 0.3 is 0 Å². The van der Waals surface area contributed by atoms with Crippen molar-refractivity contribution in [2.45, 2.75) is 0 Å². The molecule has 1 aliphatic heterocycles. The molecule has 24 heavy (non-hydrogen) atoms. The number of anilines is 2. The lowest BCUT2D eigenvalue weighted by molar-refractivity contribution is 0.171. The van der Waals surface area contributed by atoms with Crippen molar-refractivity contribution in [1.82, 2.24) is 9.97 Å². The number of fused-ring (bicyclic) bond motifs is 1. The van der Waals surface area contributed by atoms with E-state index in [1.54, 1.807) is 30.1 Å². The Morgan fingerprint density at radius 2 is 1.96 bits per heavy atom. The molecule has 0 bridgehead atoms. The minimum atomic E-state index is -0.514. The van der Waals surface area contributed by atoms with Crippen molar-refractivity contribution >= 4 is 11.5 Å². The maximum absolute atomic E-state index is 14.2. The van der Waals surface area contributed by atoms with Gasteiger partial charge in [0.2, 0.25) is 0 Å². The lowest BCUT2D eigenvalue weighted by Gasteiger charge is -2.23. The minimum absolute atomic E-state index is 0.165. The summed E-state index contributed by atoms with van der Waals surface area (Å²) in [6.45, 7) is 1.02. The molecule has 0 unspecified atom stereocenters. The Morgan fingerprint density at radius 1 is 1.12 bits per heavy atom. The van der Waals surface area contributed by atoms with Crippen LogP contribution < -0.4 is 14.4 Å². The lowest BCUT2D eigenvalue weighted by Crippen LogP contribution is -2.17. The van der Waals surface area contributed by atoms with Gasteiger partial charge in [-0.15, -0.1) is 0 Å². The summed E-state index contributed by atoms with van der Waals surface area (Å²) in [7, 11) is 1.73. The van der Waals surface area contributed by atoms with Gasteiger partial charge in [-0.1, -0.05) is 0 Å². The maximum atomic E-state index is 14.2. The van der Waals surface area contributed by atoms with E-state index in [4.69, 9.17) is 13.9 Å². The number of nitrogens with zero attached hydrogens (tertiary/aromatic N) is 3. The highest BCUT2D eigenvalue weighted by Crippen LogP contribution is 2.36. The summed E-state index contributed by atoms with van der Waals surface area (Å²) >= 11 is 0. The van der Waals surface area contributed by atoms with Gasteiger partial charge in [-0.2, -0.15) is 0 Å². The van der Waals surface area contributed by atoms with E-state index in [-0.39, 0.29) is 5.82 Å². The SMILES string of the molecule is CN(c1ccc2c(c1)OCCO2)c1nc(-c2ccoc2)ncc1F. The van der Waals surface area contributed by atoms with E-state index in [1.165, 1.54) is 12.5 Å². The summed E-state index contributed by atoms with van der Waals surface area (Å²) in [5.74, 6) is 1.36. The molecule has 122 valence electrons. The number of benzene rings is 1. The van der Waals surface area contributed by atoms with Gasteiger partial charge in [0.25, 0.3) is 0 Å². The monoisotopic (exact) mass is 327 g/mol. The molecule has 0 spiro atoms. The zero-order valence-corrected chi connectivity index (χ0v) is 12.9. The van der Waals surface area contributed by atoms with Crippen LogP contribution in [0.15, 0.2) is 47.4 Å². The van der Waals surface area contributed by atoms with Gasteiger partial charge in [0.15, 0.2) is 29.0 Å². The first-order valence-electron chi connectivity index (χ1n) is 7.41. The van der Waals surface area contributed by atoms with Crippen LogP contribution in [0, 0.1) is 5.82 Å². The van der Waals surface area contributed by atoms with Crippen LogP contribution in [0.3, 0.4) is 0 Å². The molecule has 3 aromatic rings. The van der Waals surface area contributed by atoms with Crippen molar-refractivity contribution in [3.63, 3.8) is 0 Å². The van der Waals surface area contributed by atoms with Crippen molar-refractivity contribution in [3.8, 4) is 22.9 Å². The molecule has 0 atom stereocenters. The predicted octanol–water partition coefficient (Wildman–Crippen LogP) is 3.41. The summed E-state index contributed by atoms with van der Waals surface area (Å²) in [5.41, 5.74) is 1.42. The van der Waals surface area contributed by atoms with E-state index in [0.29, 0.717) is 36.1 Å². The van der Waals surface area contributed by atoms with Crippen LogP contribution >= 0.6 is 0 Å². The molecular weight excluding hydrogens is 313 g/mol. The molecule has 0 N–H and O–H groups in total. The molecular formula is C17H14FN3O3. The average molecular weight is 327 g/mol. The van der Waals surface area contributed by atoms with Gasteiger partial charge < -0.3 is 18.8 Å². The van der Waals surface area contributed by atoms with Crippen LogP contribution in [0.2, 0.25) is 0 Å². The molecule has 4 rings (SSSR count). The minimum Gasteiger partial charge on any atom is -0.486 e. The number of halogens is 1. The Balaban J connectivity index is 1.71. The standard InChI is InChI=1S/C17H14FN3O3/c1-21(12-2-3-14-15(8-12)24-7-6-23-14)17-13(18)9-19-16(20-17)11-4-5-22-10-11/h2-5,8-10H,6-7H2,1H3.